The van der Waals surface area contributed by atoms with E-state index in [2.05, 4.69) is 21.9 Å². The smallest absolute Gasteiger partial charge is 0.416 e. The summed E-state index contributed by atoms with van der Waals surface area (Å²) in [5, 5.41) is 6.21. The van der Waals surface area contributed by atoms with Crippen LogP contribution in [0.3, 0.4) is 0 Å². The summed E-state index contributed by atoms with van der Waals surface area (Å²) in [7, 11) is 1.34. The van der Waals surface area contributed by atoms with Crippen LogP contribution in [0.2, 0.25) is 0 Å². The fourth-order valence-electron chi connectivity index (χ4n) is 2.17. The van der Waals surface area contributed by atoms with Crippen molar-refractivity contribution in [3.05, 3.63) is 29.3 Å². The van der Waals surface area contributed by atoms with Crippen molar-refractivity contribution in [2.75, 3.05) is 32.2 Å². The molecule has 0 saturated heterocycles. The Kier molecular flexibility index (Phi) is 9.55. The van der Waals surface area contributed by atoms with E-state index in [9.17, 15) is 13.2 Å². The standard InChI is InChI=1S/C17H26F3N3OS/c1-4-21-16(22-9-5-6-10-25-3)23-12-13-7-8-14(24-2)11-15(13)17(18,19)20/h7-8,11H,4-6,9-10,12H2,1-3H3,(H2,21,22,23). The first-order valence-electron chi connectivity index (χ1n) is 8.17. The Morgan fingerprint density at radius 3 is 2.60 bits per heavy atom. The van der Waals surface area contributed by atoms with Gasteiger partial charge < -0.3 is 15.4 Å². The highest BCUT2D eigenvalue weighted by atomic mass is 32.2. The van der Waals surface area contributed by atoms with Crippen molar-refractivity contribution in [1.82, 2.24) is 10.6 Å². The molecule has 142 valence electrons. The minimum absolute atomic E-state index is 0.0566. The molecule has 0 aromatic heterocycles. The molecule has 0 bridgehead atoms. The predicted molar refractivity (Wildman–Crippen MR) is 98.4 cm³/mol. The summed E-state index contributed by atoms with van der Waals surface area (Å²) in [4.78, 5) is 4.28. The van der Waals surface area contributed by atoms with Crippen molar-refractivity contribution >= 4 is 17.7 Å². The van der Waals surface area contributed by atoms with Crippen molar-refractivity contribution in [3.63, 3.8) is 0 Å². The van der Waals surface area contributed by atoms with Crippen LogP contribution in [0.4, 0.5) is 13.2 Å². The molecule has 0 fully saturated rings. The number of nitrogens with zero attached hydrogens (tertiary/aromatic N) is 1. The number of nitrogens with one attached hydrogen (secondary N) is 2. The van der Waals surface area contributed by atoms with Gasteiger partial charge in [0.2, 0.25) is 0 Å². The van der Waals surface area contributed by atoms with Gasteiger partial charge in [-0.2, -0.15) is 24.9 Å². The first kappa shape index (κ1) is 21.5. The minimum Gasteiger partial charge on any atom is -0.497 e. The van der Waals surface area contributed by atoms with Gasteiger partial charge in [-0.25, -0.2) is 4.99 Å². The Hall–Kier alpha value is -1.57. The minimum atomic E-state index is -4.44. The number of hydrogen-bond acceptors (Lipinski definition) is 3. The highest BCUT2D eigenvalue weighted by Crippen LogP contribution is 2.34. The molecule has 0 amide bonds. The van der Waals surface area contributed by atoms with Crippen LogP contribution >= 0.6 is 11.8 Å². The van der Waals surface area contributed by atoms with E-state index in [-0.39, 0.29) is 17.9 Å². The molecule has 0 saturated carbocycles. The molecule has 0 unspecified atom stereocenters. The van der Waals surface area contributed by atoms with Crippen LogP contribution in [0.15, 0.2) is 23.2 Å². The van der Waals surface area contributed by atoms with E-state index >= 15 is 0 Å². The van der Waals surface area contributed by atoms with E-state index in [0.717, 1.165) is 31.2 Å². The SMILES string of the molecule is CCNC(=NCc1ccc(OC)cc1C(F)(F)F)NCCCCSC. The molecule has 1 aromatic rings. The van der Waals surface area contributed by atoms with Gasteiger partial charge in [-0.15, -0.1) is 0 Å². The average Bonchev–Trinajstić information content (AvgIpc) is 2.58. The van der Waals surface area contributed by atoms with Gasteiger partial charge in [0, 0.05) is 13.1 Å². The van der Waals surface area contributed by atoms with Crippen LogP contribution in [-0.4, -0.2) is 38.2 Å². The largest absolute Gasteiger partial charge is 0.497 e. The molecule has 0 radical (unpaired) electrons. The van der Waals surface area contributed by atoms with Crippen LogP contribution in [0.1, 0.15) is 30.9 Å². The topological polar surface area (TPSA) is 45.7 Å². The number of methoxy groups -OCH3 is 1. The lowest BCUT2D eigenvalue weighted by molar-refractivity contribution is -0.138. The Morgan fingerprint density at radius 1 is 1.24 bits per heavy atom. The van der Waals surface area contributed by atoms with Gasteiger partial charge in [-0.1, -0.05) is 6.07 Å². The van der Waals surface area contributed by atoms with Crippen molar-refractivity contribution in [3.8, 4) is 5.75 Å². The fourth-order valence-corrected chi connectivity index (χ4v) is 2.66. The van der Waals surface area contributed by atoms with Gasteiger partial charge >= 0.3 is 6.18 Å². The first-order chi connectivity index (χ1) is 11.9. The van der Waals surface area contributed by atoms with Crippen molar-refractivity contribution in [2.45, 2.75) is 32.5 Å². The zero-order valence-electron chi connectivity index (χ0n) is 14.9. The number of thioether (sulfide) groups is 1. The second kappa shape index (κ2) is 11.1. The Morgan fingerprint density at radius 2 is 2.00 bits per heavy atom. The molecule has 25 heavy (non-hydrogen) atoms. The lowest BCUT2D eigenvalue weighted by atomic mass is 10.1. The molecular weight excluding hydrogens is 351 g/mol. The van der Waals surface area contributed by atoms with Crippen molar-refractivity contribution in [1.29, 1.82) is 0 Å². The van der Waals surface area contributed by atoms with Crippen LogP contribution in [0, 0.1) is 0 Å². The number of guanidine groups is 1. The first-order valence-corrected chi connectivity index (χ1v) is 9.57. The predicted octanol–water partition coefficient (Wildman–Crippen LogP) is 3.91. The molecule has 0 atom stereocenters. The summed E-state index contributed by atoms with van der Waals surface area (Å²) in [5.74, 6) is 1.80. The fraction of sp³-hybridized carbons (Fsp3) is 0.588. The molecule has 0 aliphatic carbocycles. The molecule has 1 rings (SSSR count). The van der Waals surface area contributed by atoms with E-state index < -0.39 is 11.7 Å². The zero-order chi connectivity index (χ0) is 18.7. The number of unbranched alkanes of at least 4 members (excludes halogenated alkanes) is 1. The molecular formula is C17H26F3N3OS. The molecule has 8 heteroatoms. The average molecular weight is 377 g/mol. The Balaban J connectivity index is 2.80. The Bertz CT molecular complexity index is 550. The molecule has 1 aromatic carbocycles. The number of alkyl halides is 3. The monoisotopic (exact) mass is 377 g/mol. The number of hydrogen-bond donors (Lipinski definition) is 2. The molecule has 0 heterocycles. The number of benzene rings is 1. The summed E-state index contributed by atoms with van der Waals surface area (Å²) in [6, 6.07) is 3.93. The van der Waals surface area contributed by atoms with Gasteiger partial charge in [-0.05, 0) is 49.5 Å². The van der Waals surface area contributed by atoms with Crippen molar-refractivity contribution < 1.29 is 17.9 Å². The van der Waals surface area contributed by atoms with Crippen LogP contribution in [0.5, 0.6) is 5.75 Å². The molecule has 0 spiro atoms. The number of halogens is 3. The van der Waals surface area contributed by atoms with E-state index in [1.54, 1.807) is 11.8 Å². The maximum atomic E-state index is 13.2. The third-order valence-corrected chi connectivity index (χ3v) is 4.14. The summed E-state index contributed by atoms with van der Waals surface area (Å²) in [6.07, 6.45) is -0.305. The quantitative estimate of drug-likeness (QED) is 0.389. The van der Waals surface area contributed by atoms with Gasteiger partial charge in [0.25, 0.3) is 0 Å². The molecule has 4 nitrogen and oxygen atoms in total. The summed E-state index contributed by atoms with van der Waals surface area (Å²) in [5.41, 5.74) is -0.598. The third-order valence-electron chi connectivity index (χ3n) is 3.44. The van der Waals surface area contributed by atoms with Crippen molar-refractivity contribution in [2.24, 2.45) is 4.99 Å². The van der Waals surface area contributed by atoms with Crippen LogP contribution < -0.4 is 15.4 Å². The highest BCUT2D eigenvalue weighted by molar-refractivity contribution is 7.98. The van der Waals surface area contributed by atoms with E-state index in [4.69, 9.17) is 4.74 Å². The molecule has 2 N–H and O–H groups in total. The number of aliphatic imine (C=N–C) groups is 1. The lowest BCUT2D eigenvalue weighted by Crippen LogP contribution is -2.37. The normalized spacial score (nSPS) is 12.2. The van der Waals surface area contributed by atoms with E-state index in [0.29, 0.717) is 12.5 Å². The summed E-state index contributed by atoms with van der Waals surface area (Å²) in [6.45, 7) is 3.24. The Labute approximate surface area is 151 Å². The molecule has 0 aliphatic rings. The third kappa shape index (κ3) is 7.90. The van der Waals surface area contributed by atoms with E-state index in [1.807, 2.05) is 6.92 Å². The summed E-state index contributed by atoms with van der Waals surface area (Å²) >= 11 is 1.79. The van der Waals surface area contributed by atoms with Gasteiger partial charge in [0.15, 0.2) is 5.96 Å². The summed E-state index contributed by atoms with van der Waals surface area (Å²) < 4.78 is 44.6. The lowest BCUT2D eigenvalue weighted by Gasteiger charge is -2.15. The maximum absolute atomic E-state index is 13.2. The second-order valence-corrected chi connectivity index (χ2v) is 6.33. The van der Waals surface area contributed by atoms with Gasteiger partial charge in [0.1, 0.15) is 5.75 Å². The van der Waals surface area contributed by atoms with Crippen LogP contribution in [-0.2, 0) is 12.7 Å². The van der Waals surface area contributed by atoms with Gasteiger partial charge in [-0.3, -0.25) is 0 Å². The second-order valence-electron chi connectivity index (χ2n) is 5.34. The van der Waals surface area contributed by atoms with Crippen LogP contribution in [0.25, 0.3) is 0 Å². The number of ether oxygens (including phenoxy) is 1. The zero-order valence-corrected chi connectivity index (χ0v) is 15.7. The van der Waals surface area contributed by atoms with E-state index in [1.165, 1.54) is 19.2 Å². The highest BCUT2D eigenvalue weighted by Gasteiger charge is 2.33. The molecule has 0 aliphatic heterocycles. The maximum Gasteiger partial charge on any atom is 0.416 e. The number of rotatable bonds is 9. The van der Waals surface area contributed by atoms with Gasteiger partial charge in [0.05, 0.1) is 19.2 Å².